The van der Waals surface area contributed by atoms with Crippen LogP contribution in [0.4, 0.5) is 4.39 Å². The molecule has 4 rings (SSSR count). The Morgan fingerprint density at radius 3 is 2.88 bits per heavy atom. The zero-order valence-corrected chi connectivity index (χ0v) is 14.7. The Balaban J connectivity index is 1.82. The first-order chi connectivity index (χ1) is 12.2. The summed E-state index contributed by atoms with van der Waals surface area (Å²) >= 11 is 1.42. The zero-order valence-electron chi connectivity index (χ0n) is 13.9. The molecule has 1 aliphatic heterocycles. The quantitative estimate of drug-likeness (QED) is 0.731. The molecule has 1 saturated heterocycles. The summed E-state index contributed by atoms with van der Waals surface area (Å²) in [7, 11) is 0. The van der Waals surface area contributed by atoms with Gasteiger partial charge in [-0.3, -0.25) is 0 Å². The smallest absolute Gasteiger partial charge is 0.235 e. The van der Waals surface area contributed by atoms with Crippen molar-refractivity contribution in [3.8, 4) is 5.88 Å². The number of benzene rings is 1. The molecule has 1 fully saturated rings. The van der Waals surface area contributed by atoms with E-state index < -0.39 is 0 Å². The van der Waals surface area contributed by atoms with Crippen molar-refractivity contribution in [1.82, 2.24) is 14.6 Å². The van der Waals surface area contributed by atoms with Gasteiger partial charge in [-0.2, -0.15) is 4.52 Å². The summed E-state index contributed by atoms with van der Waals surface area (Å²) in [4.78, 5) is 7.13. The van der Waals surface area contributed by atoms with Crippen LogP contribution in [0.25, 0.3) is 4.96 Å². The summed E-state index contributed by atoms with van der Waals surface area (Å²) in [5, 5.41) is 15.1. The van der Waals surface area contributed by atoms with Gasteiger partial charge in [0.05, 0.1) is 13.2 Å². The first kappa shape index (κ1) is 16.4. The van der Waals surface area contributed by atoms with E-state index in [4.69, 9.17) is 4.74 Å². The van der Waals surface area contributed by atoms with Crippen molar-refractivity contribution in [3.63, 3.8) is 0 Å². The number of rotatable bonds is 4. The fourth-order valence-corrected chi connectivity index (χ4v) is 4.47. The highest BCUT2D eigenvalue weighted by atomic mass is 32.1. The van der Waals surface area contributed by atoms with Gasteiger partial charge in [-0.25, -0.2) is 9.37 Å². The van der Waals surface area contributed by atoms with Gasteiger partial charge in [0, 0.05) is 12.0 Å². The molecular formula is C17H20FN4O2S+. The molecule has 8 heteroatoms. The Kier molecular flexibility index (Phi) is 4.41. The van der Waals surface area contributed by atoms with Crippen LogP contribution in [0.1, 0.15) is 29.2 Å². The van der Waals surface area contributed by atoms with Crippen LogP contribution in [0.3, 0.4) is 0 Å². The molecule has 6 nitrogen and oxygen atoms in total. The number of halogens is 1. The summed E-state index contributed by atoms with van der Waals surface area (Å²) in [5.74, 6) is 0.525. The Morgan fingerprint density at radius 1 is 1.40 bits per heavy atom. The third-order valence-corrected chi connectivity index (χ3v) is 5.63. The lowest BCUT2D eigenvalue weighted by molar-refractivity contribution is -0.932. The molecule has 3 aromatic rings. The molecule has 1 aliphatic rings. The molecule has 3 heterocycles. The van der Waals surface area contributed by atoms with Gasteiger partial charge in [0.2, 0.25) is 10.8 Å². The van der Waals surface area contributed by atoms with E-state index in [1.54, 1.807) is 12.1 Å². The molecule has 0 bridgehead atoms. The monoisotopic (exact) mass is 363 g/mol. The van der Waals surface area contributed by atoms with E-state index in [1.807, 2.05) is 13.0 Å². The Morgan fingerprint density at radius 2 is 2.20 bits per heavy atom. The molecule has 0 aliphatic carbocycles. The molecule has 1 aromatic carbocycles. The minimum Gasteiger partial charge on any atom is -0.492 e. The van der Waals surface area contributed by atoms with Gasteiger partial charge < -0.3 is 14.7 Å². The molecule has 132 valence electrons. The lowest BCUT2D eigenvalue weighted by atomic mass is 10.0. The largest absolute Gasteiger partial charge is 0.492 e. The highest BCUT2D eigenvalue weighted by molar-refractivity contribution is 7.17. The standard InChI is InChI=1S/C17H19FN4O2S/c1-2-13-19-17-22(20-13)16(23)15(25-17)14(21-6-8-24-9-7-21)11-4-3-5-12(18)10-11/h3-5,10,14,23H,2,6-9H2,1H3/p+1/t14-/m0/s1. The fourth-order valence-electron chi connectivity index (χ4n) is 3.31. The number of nitrogens with zero attached hydrogens (tertiary/aromatic N) is 3. The predicted octanol–water partition coefficient (Wildman–Crippen LogP) is 1.20. The number of hydrogen-bond donors (Lipinski definition) is 2. The number of hydrogen-bond acceptors (Lipinski definition) is 5. The minimum absolute atomic E-state index is 0.0976. The summed E-state index contributed by atoms with van der Waals surface area (Å²) in [6, 6.07) is 6.42. The van der Waals surface area contributed by atoms with Crippen LogP contribution in [-0.4, -0.2) is 46.0 Å². The number of morpholine rings is 1. The first-order valence-electron chi connectivity index (χ1n) is 8.42. The molecule has 0 saturated carbocycles. The lowest BCUT2D eigenvalue weighted by Crippen LogP contribution is -3.14. The fraction of sp³-hybridized carbons (Fsp3) is 0.412. The Hall–Kier alpha value is -2.03. The maximum absolute atomic E-state index is 13.8. The number of aromatic nitrogens is 3. The highest BCUT2D eigenvalue weighted by Gasteiger charge is 2.34. The van der Waals surface area contributed by atoms with Crippen molar-refractivity contribution in [2.75, 3.05) is 26.3 Å². The second-order valence-electron chi connectivity index (χ2n) is 6.12. The van der Waals surface area contributed by atoms with E-state index in [-0.39, 0.29) is 17.7 Å². The van der Waals surface area contributed by atoms with Gasteiger partial charge in [-0.1, -0.05) is 30.4 Å². The molecular weight excluding hydrogens is 343 g/mol. The molecule has 1 atom stereocenters. The average molecular weight is 363 g/mol. The van der Waals surface area contributed by atoms with Gasteiger partial charge >= 0.3 is 0 Å². The minimum atomic E-state index is -0.276. The van der Waals surface area contributed by atoms with Crippen LogP contribution in [0.15, 0.2) is 24.3 Å². The summed E-state index contributed by atoms with van der Waals surface area (Å²) in [6.45, 7) is 4.89. The molecule has 2 N–H and O–H groups in total. The molecule has 0 unspecified atom stereocenters. The van der Waals surface area contributed by atoms with Crippen LogP contribution < -0.4 is 4.90 Å². The third kappa shape index (κ3) is 3.01. The number of nitrogens with one attached hydrogen (secondary N) is 1. The molecule has 25 heavy (non-hydrogen) atoms. The number of aryl methyl sites for hydroxylation is 1. The highest BCUT2D eigenvalue weighted by Crippen LogP contribution is 2.35. The average Bonchev–Trinajstić information content (AvgIpc) is 3.16. The van der Waals surface area contributed by atoms with E-state index in [0.717, 1.165) is 23.5 Å². The van der Waals surface area contributed by atoms with Crippen molar-refractivity contribution in [2.24, 2.45) is 0 Å². The van der Waals surface area contributed by atoms with E-state index in [1.165, 1.54) is 26.8 Å². The Labute approximate surface area is 148 Å². The summed E-state index contributed by atoms with van der Waals surface area (Å²) < 4.78 is 20.8. The zero-order chi connectivity index (χ0) is 17.4. The Bertz CT molecular complexity index is 888. The lowest BCUT2D eigenvalue weighted by Gasteiger charge is -2.31. The van der Waals surface area contributed by atoms with Crippen molar-refractivity contribution >= 4 is 16.3 Å². The van der Waals surface area contributed by atoms with Crippen LogP contribution in [0.2, 0.25) is 0 Å². The van der Waals surface area contributed by atoms with Gasteiger partial charge in [0.15, 0.2) is 11.9 Å². The topological polar surface area (TPSA) is 64.1 Å². The van der Waals surface area contributed by atoms with Gasteiger partial charge in [0.25, 0.3) is 0 Å². The van der Waals surface area contributed by atoms with Crippen molar-refractivity contribution in [3.05, 3.63) is 46.3 Å². The van der Waals surface area contributed by atoms with Crippen LogP contribution in [-0.2, 0) is 11.2 Å². The third-order valence-electron chi connectivity index (χ3n) is 4.55. The molecule has 0 amide bonds. The van der Waals surface area contributed by atoms with E-state index in [2.05, 4.69) is 10.1 Å². The maximum atomic E-state index is 13.8. The summed E-state index contributed by atoms with van der Waals surface area (Å²) in [5.41, 5.74) is 0.840. The predicted molar refractivity (Wildman–Crippen MR) is 91.7 cm³/mol. The first-order valence-corrected chi connectivity index (χ1v) is 9.24. The van der Waals surface area contributed by atoms with Crippen LogP contribution >= 0.6 is 11.3 Å². The van der Waals surface area contributed by atoms with Crippen LogP contribution in [0.5, 0.6) is 5.88 Å². The molecule has 0 radical (unpaired) electrons. The van der Waals surface area contributed by atoms with E-state index in [9.17, 15) is 9.50 Å². The number of quaternary nitrogens is 1. The van der Waals surface area contributed by atoms with E-state index >= 15 is 0 Å². The van der Waals surface area contributed by atoms with Crippen molar-refractivity contribution < 1.29 is 19.1 Å². The summed E-state index contributed by atoms with van der Waals surface area (Å²) in [6.07, 6.45) is 0.714. The van der Waals surface area contributed by atoms with Gasteiger partial charge in [-0.15, -0.1) is 5.10 Å². The number of ether oxygens (including phenoxy) is 1. The molecule has 2 aromatic heterocycles. The van der Waals surface area contributed by atoms with Gasteiger partial charge in [0.1, 0.15) is 23.8 Å². The number of fused-ring (bicyclic) bond motifs is 1. The normalized spacial score (nSPS) is 17.2. The number of thiazole rings is 1. The number of aromatic hydroxyl groups is 1. The maximum Gasteiger partial charge on any atom is 0.235 e. The van der Waals surface area contributed by atoms with Crippen LogP contribution in [0, 0.1) is 5.82 Å². The second kappa shape index (κ2) is 6.70. The van der Waals surface area contributed by atoms with Gasteiger partial charge in [-0.05, 0) is 12.1 Å². The van der Waals surface area contributed by atoms with Crippen molar-refractivity contribution in [1.29, 1.82) is 0 Å². The van der Waals surface area contributed by atoms with Crippen molar-refractivity contribution in [2.45, 2.75) is 19.4 Å². The SMILES string of the molecule is CCc1nc2sc([C@H](c3cccc(F)c3)[NH+]3CCOCC3)c(O)n2n1. The second-order valence-corrected chi connectivity index (χ2v) is 7.13. The van der Waals surface area contributed by atoms with E-state index in [0.29, 0.717) is 30.4 Å². The molecule has 0 spiro atoms.